The maximum absolute atomic E-state index is 11.5. The number of amides is 1. The number of anilines is 1. The van der Waals surface area contributed by atoms with Gasteiger partial charge in [0.15, 0.2) is 0 Å². The summed E-state index contributed by atoms with van der Waals surface area (Å²) in [6.45, 7) is 4.93. The van der Waals surface area contributed by atoms with Crippen LogP contribution in [0, 0.1) is 0 Å². The zero-order valence-electron chi connectivity index (χ0n) is 10.6. The van der Waals surface area contributed by atoms with Crippen molar-refractivity contribution in [3.63, 3.8) is 0 Å². The summed E-state index contributed by atoms with van der Waals surface area (Å²) in [4.78, 5) is 11.5. The number of nitrogens with one attached hydrogen (secondary N) is 2. The van der Waals surface area contributed by atoms with Gasteiger partial charge in [0.25, 0.3) is 0 Å². The van der Waals surface area contributed by atoms with Gasteiger partial charge in [0.2, 0.25) is 5.91 Å². The number of methoxy groups -OCH3 is 1. The van der Waals surface area contributed by atoms with E-state index in [4.69, 9.17) is 4.74 Å². The van der Waals surface area contributed by atoms with Crippen LogP contribution in [0.2, 0.25) is 0 Å². The predicted octanol–water partition coefficient (Wildman–Crippen LogP) is 1.77. The van der Waals surface area contributed by atoms with E-state index < -0.39 is 0 Å². The van der Waals surface area contributed by atoms with Gasteiger partial charge in [-0.25, -0.2) is 0 Å². The maximum atomic E-state index is 11.5. The predicted molar refractivity (Wildman–Crippen MR) is 68.9 cm³/mol. The SMILES string of the molecule is COCc1ccc(NC(=O)CNC(C)C)cc1. The first-order valence-electron chi connectivity index (χ1n) is 5.73. The molecule has 0 bridgehead atoms. The Morgan fingerprint density at radius 3 is 2.47 bits per heavy atom. The van der Waals surface area contributed by atoms with E-state index in [1.54, 1.807) is 7.11 Å². The molecule has 0 heterocycles. The summed E-state index contributed by atoms with van der Waals surface area (Å²) in [5, 5.41) is 5.89. The van der Waals surface area contributed by atoms with Crippen molar-refractivity contribution in [2.45, 2.75) is 26.5 Å². The molecule has 1 aromatic carbocycles. The second kappa shape index (κ2) is 7.04. The summed E-state index contributed by atoms with van der Waals surface area (Å²) in [5.41, 5.74) is 1.89. The van der Waals surface area contributed by atoms with Crippen LogP contribution in [0.1, 0.15) is 19.4 Å². The lowest BCUT2D eigenvalue weighted by Gasteiger charge is -2.09. The fraction of sp³-hybridized carbons (Fsp3) is 0.462. The molecule has 0 atom stereocenters. The van der Waals surface area contributed by atoms with Crippen molar-refractivity contribution < 1.29 is 9.53 Å². The molecule has 4 nitrogen and oxygen atoms in total. The van der Waals surface area contributed by atoms with E-state index in [2.05, 4.69) is 10.6 Å². The number of rotatable bonds is 6. The highest BCUT2D eigenvalue weighted by Gasteiger charge is 2.02. The smallest absolute Gasteiger partial charge is 0.238 e. The van der Waals surface area contributed by atoms with Crippen LogP contribution in [-0.2, 0) is 16.1 Å². The van der Waals surface area contributed by atoms with Crippen molar-refractivity contribution in [2.24, 2.45) is 0 Å². The van der Waals surface area contributed by atoms with Crippen LogP contribution in [-0.4, -0.2) is 25.6 Å². The Morgan fingerprint density at radius 2 is 1.94 bits per heavy atom. The van der Waals surface area contributed by atoms with Crippen LogP contribution in [0.5, 0.6) is 0 Å². The van der Waals surface area contributed by atoms with Gasteiger partial charge in [0.1, 0.15) is 0 Å². The van der Waals surface area contributed by atoms with Crippen LogP contribution < -0.4 is 10.6 Å². The van der Waals surface area contributed by atoms with Crippen molar-refractivity contribution in [3.8, 4) is 0 Å². The molecule has 0 radical (unpaired) electrons. The van der Waals surface area contributed by atoms with Gasteiger partial charge in [0.05, 0.1) is 13.2 Å². The zero-order chi connectivity index (χ0) is 12.7. The van der Waals surface area contributed by atoms with Gasteiger partial charge in [-0.15, -0.1) is 0 Å². The molecule has 1 rings (SSSR count). The van der Waals surface area contributed by atoms with Crippen LogP contribution in [0.4, 0.5) is 5.69 Å². The van der Waals surface area contributed by atoms with Gasteiger partial charge >= 0.3 is 0 Å². The first-order chi connectivity index (χ1) is 8.11. The summed E-state index contributed by atoms with van der Waals surface area (Å²) in [5.74, 6) is -0.0295. The van der Waals surface area contributed by atoms with Crippen molar-refractivity contribution in [3.05, 3.63) is 29.8 Å². The van der Waals surface area contributed by atoms with Crippen molar-refractivity contribution in [2.75, 3.05) is 19.0 Å². The molecular weight excluding hydrogens is 216 g/mol. The van der Waals surface area contributed by atoms with E-state index in [0.717, 1.165) is 11.3 Å². The number of hydrogen-bond acceptors (Lipinski definition) is 3. The molecule has 0 fully saturated rings. The Bertz CT molecular complexity index is 347. The Labute approximate surface area is 102 Å². The van der Waals surface area contributed by atoms with Crippen LogP contribution in [0.3, 0.4) is 0 Å². The molecule has 17 heavy (non-hydrogen) atoms. The molecule has 0 saturated carbocycles. The van der Waals surface area contributed by atoms with Crippen LogP contribution in [0.25, 0.3) is 0 Å². The zero-order valence-corrected chi connectivity index (χ0v) is 10.6. The first-order valence-corrected chi connectivity index (χ1v) is 5.73. The Kier molecular flexibility index (Phi) is 5.66. The Balaban J connectivity index is 2.43. The minimum atomic E-state index is -0.0295. The largest absolute Gasteiger partial charge is 0.380 e. The molecule has 0 aliphatic heterocycles. The van der Waals surface area contributed by atoms with E-state index in [0.29, 0.717) is 19.2 Å². The number of hydrogen-bond donors (Lipinski definition) is 2. The van der Waals surface area contributed by atoms with Gasteiger partial charge in [0, 0.05) is 18.8 Å². The Hall–Kier alpha value is -1.39. The molecular formula is C13H20N2O2. The lowest BCUT2D eigenvalue weighted by molar-refractivity contribution is -0.115. The second-order valence-electron chi connectivity index (χ2n) is 4.21. The summed E-state index contributed by atoms with van der Waals surface area (Å²) < 4.78 is 5.02. The van der Waals surface area contributed by atoms with Gasteiger partial charge in [-0.2, -0.15) is 0 Å². The highest BCUT2D eigenvalue weighted by Crippen LogP contribution is 2.09. The van der Waals surface area contributed by atoms with Crippen LogP contribution >= 0.6 is 0 Å². The third-order valence-corrected chi connectivity index (χ3v) is 2.22. The second-order valence-corrected chi connectivity index (χ2v) is 4.21. The normalized spacial score (nSPS) is 10.6. The molecule has 0 aliphatic rings. The molecule has 4 heteroatoms. The lowest BCUT2D eigenvalue weighted by Crippen LogP contribution is -2.32. The van der Waals surface area contributed by atoms with E-state index in [1.807, 2.05) is 38.1 Å². The van der Waals surface area contributed by atoms with Gasteiger partial charge in [-0.1, -0.05) is 26.0 Å². The van der Waals surface area contributed by atoms with E-state index in [9.17, 15) is 4.79 Å². The van der Waals surface area contributed by atoms with E-state index >= 15 is 0 Å². The molecule has 0 saturated heterocycles. The molecule has 1 aromatic rings. The lowest BCUT2D eigenvalue weighted by atomic mass is 10.2. The molecule has 0 aromatic heterocycles. The number of ether oxygens (including phenoxy) is 1. The third kappa shape index (κ3) is 5.47. The molecule has 2 N–H and O–H groups in total. The summed E-state index contributed by atoms with van der Waals surface area (Å²) in [6.07, 6.45) is 0. The van der Waals surface area contributed by atoms with E-state index in [-0.39, 0.29) is 5.91 Å². The number of carbonyl (C=O) groups is 1. The molecule has 1 amide bonds. The number of benzene rings is 1. The van der Waals surface area contributed by atoms with Gasteiger partial charge < -0.3 is 15.4 Å². The average Bonchev–Trinajstić information content (AvgIpc) is 2.29. The molecule has 94 valence electrons. The van der Waals surface area contributed by atoms with E-state index in [1.165, 1.54) is 0 Å². The molecule has 0 spiro atoms. The highest BCUT2D eigenvalue weighted by molar-refractivity contribution is 5.92. The highest BCUT2D eigenvalue weighted by atomic mass is 16.5. The summed E-state index contributed by atoms with van der Waals surface area (Å²) in [6, 6.07) is 7.94. The topological polar surface area (TPSA) is 50.4 Å². The fourth-order valence-electron chi connectivity index (χ4n) is 1.35. The first kappa shape index (κ1) is 13.7. The maximum Gasteiger partial charge on any atom is 0.238 e. The molecule has 0 unspecified atom stereocenters. The third-order valence-electron chi connectivity index (χ3n) is 2.22. The minimum Gasteiger partial charge on any atom is -0.380 e. The molecule has 0 aliphatic carbocycles. The fourth-order valence-corrected chi connectivity index (χ4v) is 1.35. The monoisotopic (exact) mass is 236 g/mol. The number of carbonyl (C=O) groups excluding carboxylic acids is 1. The Morgan fingerprint density at radius 1 is 1.29 bits per heavy atom. The standard InChI is InChI=1S/C13H20N2O2/c1-10(2)14-8-13(16)15-12-6-4-11(5-7-12)9-17-3/h4-7,10,14H,8-9H2,1-3H3,(H,15,16). The van der Waals surface area contributed by atoms with Gasteiger partial charge in [-0.3, -0.25) is 4.79 Å². The van der Waals surface area contributed by atoms with Crippen molar-refractivity contribution in [1.29, 1.82) is 0 Å². The summed E-state index contributed by atoms with van der Waals surface area (Å²) in [7, 11) is 1.66. The average molecular weight is 236 g/mol. The summed E-state index contributed by atoms with van der Waals surface area (Å²) >= 11 is 0. The quantitative estimate of drug-likeness (QED) is 0.791. The minimum absolute atomic E-state index is 0.0295. The van der Waals surface area contributed by atoms with Crippen molar-refractivity contribution in [1.82, 2.24) is 5.32 Å². The van der Waals surface area contributed by atoms with Crippen molar-refractivity contribution >= 4 is 11.6 Å². The van der Waals surface area contributed by atoms with Gasteiger partial charge in [-0.05, 0) is 17.7 Å². The van der Waals surface area contributed by atoms with Crippen LogP contribution in [0.15, 0.2) is 24.3 Å².